The van der Waals surface area contributed by atoms with Crippen LogP contribution in [0.4, 0.5) is 10.1 Å². The topological polar surface area (TPSA) is 64.2 Å². The molecule has 0 atom stereocenters. The minimum absolute atomic E-state index is 0.102. The van der Waals surface area contributed by atoms with E-state index in [1.54, 1.807) is 24.3 Å². The van der Waals surface area contributed by atoms with Gasteiger partial charge in [-0.25, -0.2) is 13.9 Å². The molecular weight excluding hydrogens is 299 g/mol. The summed E-state index contributed by atoms with van der Waals surface area (Å²) < 4.78 is 19.1. The molecule has 23 heavy (non-hydrogen) atoms. The average Bonchev–Trinajstić information content (AvgIpc) is 2.85. The number of hydrogen-bond donors (Lipinski definition) is 1. The lowest BCUT2D eigenvalue weighted by molar-refractivity contribution is 0.100. The molecular formula is C17H13FN2O3. The van der Waals surface area contributed by atoms with Gasteiger partial charge in [-0.15, -0.1) is 0 Å². The summed E-state index contributed by atoms with van der Waals surface area (Å²) in [4.78, 5) is 24.5. The first-order valence-corrected chi connectivity index (χ1v) is 6.89. The molecule has 3 rings (SSSR count). The highest BCUT2D eigenvalue weighted by molar-refractivity contribution is 6.07. The summed E-state index contributed by atoms with van der Waals surface area (Å²) in [5, 5.41) is 2.62. The third-order valence-electron chi connectivity index (χ3n) is 3.36. The van der Waals surface area contributed by atoms with Crippen molar-refractivity contribution in [2.45, 2.75) is 0 Å². The summed E-state index contributed by atoms with van der Waals surface area (Å²) in [6, 6.07) is 14.1. The maximum Gasteiger partial charge on any atom is 0.366 e. The summed E-state index contributed by atoms with van der Waals surface area (Å²) in [6.07, 6.45) is 0. The molecule has 0 unspecified atom stereocenters. The van der Waals surface area contributed by atoms with E-state index in [0.29, 0.717) is 11.3 Å². The number of nitrogens with one attached hydrogen (secondary N) is 1. The highest BCUT2D eigenvalue weighted by atomic mass is 19.1. The minimum Gasteiger partial charge on any atom is -0.335 e. The third-order valence-corrected chi connectivity index (χ3v) is 3.36. The number of nitrogens with zero attached hydrogens (tertiary/aromatic N) is 1. The number of carbonyl (C=O) groups is 1. The molecule has 0 fully saturated rings. The molecule has 0 saturated heterocycles. The predicted molar refractivity (Wildman–Crippen MR) is 83.7 cm³/mol. The number of halogens is 1. The third kappa shape index (κ3) is 2.91. The zero-order valence-corrected chi connectivity index (χ0v) is 12.2. The lowest BCUT2D eigenvalue weighted by Gasteiger charge is -2.07. The second-order valence-corrected chi connectivity index (χ2v) is 4.93. The van der Waals surface area contributed by atoms with Gasteiger partial charge in [-0.3, -0.25) is 4.79 Å². The summed E-state index contributed by atoms with van der Waals surface area (Å²) in [6.45, 7) is 0. The SMILES string of the molecule is Cn1oc(=O)c(-c2ccccc2)c1C(=O)Nc1ccc(F)cc1. The van der Waals surface area contributed by atoms with Gasteiger partial charge in [0.25, 0.3) is 5.91 Å². The number of benzene rings is 2. The monoisotopic (exact) mass is 312 g/mol. The molecule has 0 bridgehead atoms. The van der Waals surface area contributed by atoms with E-state index >= 15 is 0 Å². The first-order valence-electron chi connectivity index (χ1n) is 6.89. The number of amides is 1. The second-order valence-electron chi connectivity index (χ2n) is 4.93. The van der Waals surface area contributed by atoms with Gasteiger partial charge in [0.1, 0.15) is 11.4 Å². The van der Waals surface area contributed by atoms with Gasteiger partial charge < -0.3 is 9.84 Å². The standard InChI is InChI=1S/C17H13FN2O3/c1-20-15(16(21)19-13-9-7-12(18)8-10-13)14(17(22)23-20)11-5-3-2-4-6-11/h2-10H,1H3,(H,19,21). The van der Waals surface area contributed by atoms with Crippen LogP contribution in [0.15, 0.2) is 63.9 Å². The molecule has 0 spiro atoms. The Hall–Kier alpha value is -3.15. The molecule has 1 heterocycles. The van der Waals surface area contributed by atoms with Crippen molar-refractivity contribution in [3.8, 4) is 11.1 Å². The van der Waals surface area contributed by atoms with Gasteiger partial charge >= 0.3 is 5.63 Å². The van der Waals surface area contributed by atoms with Crippen LogP contribution in [-0.2, 0) is 7.05 Å². The van der Waals surface area contributed by atoms with Gasteiger partial charge in [0, 0.05) is 12.7 Å². The first kappa shape index (κ1) is 14.8. The van der Waals surface area contributed by atoms with Gasteiger partial charge in [0.2, 0.25) is 0 Å². The Morgan fingerprint density at radius 3 is 2.39 bits per heavy atom. The molecule has 3 aromatic rings. The Bertz CT molecular complexity index is 896. The molecule has 1 N–H and O–H groups in total. The normalized spacial score (nSPS) is 10.5. The molecule has 6 heteroatoms. The van der Waals surface area contributed by atoms with Gasteiger partial charge in [0.15, 0.2) is 5.69 Å². The first-order chi connectivity index (χ1) is 11.1. The number of aryl methyl sites for hydroxylation is 1. The Kier molecular flexibility index (Phi) is 3.80. The van der Waals surface area contributed by atoms with Crippen LogP contribution in [0.3, 0.4) is 0 Å². The van der Waals surface area contributed by atoms with E-state index in [9.17, 15) is 14.0 Å². The van der Waals surface area contributed by atoms with Crippen LogP contribution < -0.4 is 10.9 Å². The van der Waals surface area contributed by atoms with E-state index in [4.69, 9.17) is 4.52 Å². The molecule has 0 aliphatic carbocycles. The second kappa shape index (κ2) is 5.92. The molecule has 2 aromatic carbocycles. The summed E-state index contributed by atoms with van der Waals surface area (Å²) in [5.41, 5.74) is 0.705. The quantitative estimate of drug-likeness (QED) is 0.808. The van der Waals surface area contributed by atoms with Gasteiger partial charge in [-0.2, -0.15) is 0 Å². The average molecular weight is 312 g/mol. The van der Waals surface area contributed by atoms with Crippen LogP contribution in [0.5, 0.6) is 0 Å². The molecule has 0 aliphatic heterocycles. The molecule has 1 aromatic heterocycles. The fourth-order valence-corrected chi connectivity index (χ4v) is 2.31. The van der Waals surface area contributed by atoms with Crippen molar-refractivity contribution >= 4 is 11.6 Å². The summed E-state index contributed by atoms with van der Waals surface area (Å²) in [7, 11) is 1.48. The number of rotatable bonds is 3. The van der Waals surface area contributed by atoms with Crippen molar-refractivity contribution in [3.05, 3.63) is 76.5 Å². The maximum atomic E-state index is 12.9. The predicted octanol–water partition coefficient (Wildman–Crippen LogP) is 3.04. The largest absolute Gasteiger partial charge is 0.366 e. The fourth-order valence-electron chi connectivity index (χ4n) is 2.31. The number of anilines is 1. The Morgan fingerprint density at radius 2 is 1.74 bits per heavy atom. The van der Waals surface area contributed by atoms with Crippen LogP contribution in [0.1, 0.15) is 10.5 Å². The molecule has 0 aliphatic rings. The van der Waals surface area contributed by atoms with E-state index in [1.807, 2.05) is 6.07 Å². The lowest BCUT2D eigenvalue weighted by Crippen LogP contribution is -2.17. The van der Waals surface area contributed by atoms with E-state index in [0.717, 1.165) is 4.74 Å². The van der Waals surface area contributed by atoms with Crippen LogP contribution in [0.2, 0.25) is 0 Å². The molecule has 5 nitrogen and oxygen atoms in total. The van der Waals surface area contributed by atoms with Crippen molar-refractivity contribution < 1.29 is 13.7 Å². The van der Waals surface area contributed by atoms with Crippen LogP contribution in [0.25, 0.3) is 11.1 Å². The fraction of sp³-hybridized carbons (Fsp3) is 0.0588. The van der Waals surface area contributed by atoms with Crippen molar-refractivity contribution in [1.82, 2.24) is 4.74 Å². The Labute approximate surface area is 130 Å². The molecule has 1 amide bonds. The van der Waals surface area contributed by atoms with E-state index in [1.165, 1.54) is 31.3 Å². The van der Waals surface area contributed by atoms with E-state index < -0.39 is 17.3 Å². The van der Waals surface area contributed by atoms with Gasteiger partial charge in [0.05, 0.1) is 0 Å². The molecule has 0 radical (unpaired) electrons. The van der Waals surface area contributed by atoms with E-state index in [2.05, 4.69) is 5.32 Å². The van der Waals surface area contributed by atoms with Gasteiger partial charge in [-0.05, 0) is 29.8 Å². The molecule has 116 valence electrons. The Morgan fingerprint density at radius 1 is 1.09 bits per heavy atom. The number of aromatic nitrogens is 1. The van der Waals surface area contributed by atoms with Crippen LogP contribution >= 0.6 is 0 Å². The zero-order chi connectivity index (χ0) is 16.4. The van der Waals surface area contributed by atoms with Crippen LogP contribution in [0, 0.1) is 5.82 Å². The smallest absolute Gasteiger partial charge is 0.335 e. The van der Waals surface area contributed by atoms with Crippen molar-refractivity contribution in [2.24, 2.45) is 7.05 Å². The summed E-state index contributed by atoms with van der Waals surface area (Å²) in [5.74, 6) is -0.910. The highest BCUT2D eigenvalue weighted by Gasteiger charge is 2.23. The summed E-state index contributed by atoms with van der Waals surface area (Å²) >= 11 is 0. The van der Waals surface area contributed by atoms with Crippen molar-refractivity contribution in [1.29, 1.82) is 0 Å². The number of hydrogen-bond acceptors (Lipinski definition) is 3. The van der Waals surface area contributed by atoms with Crippen LogP contribution in [-0.4, -0.2) is 10.6 Å². The maximum absolute atomic E-state index is 12.9. The molecule has 0 saturated carbocycles. The number of carbonyl (C=O) groups excluding carboxylic acids is 1. The van der Waals surface area contributed by atoms with Gasteiger partial charge in [-0.1, -0.05) is 30.3 Å². The minimum atomic E-state index is -0.594. The zero-order valence-electron chi connectivity index (χ0n) is 12.2. The Balaban J connectivity index is 2.01. The lowest BCUT2D eigenvalue weighted by atomic mass is 10.1. The highest BCUT2D eigenvalue weighted by Crippen LogP contribution is 2.21. The van der Waals surface area contributed by atoms with Crippen molar-refractivity contribution in [2.75, 3.05) is 5.32 Å². The van der Waals surface area contributed by atoms with Crippen molar-refractivity contribution in [3.63, 3.8) is 0 Å². The van der Waals surface area contributed by atoms with E-state index in [-0.39, 0.29) is 11.3 Å².